The third kappa shape index (κ3) is 3.66. The number of unbranched alkanes of at least 4 members (excludes halogenated alkanes) is 1. The molecular formula is C8H9Cl5IN3. The molecule has 0 atom stereocenters. The first-order valence-electron chi connectivity index (χ1n) is 4.75. The van der Waals surface area contributed by atoms with Gasteiger partial charge in [0.05, 0.1) is 0 Å². The summed E-state index contributed by atoms with van der Waals surface area (Å²) in [5, 5.41) is 7.84. The summed E-state index contributed by atoms with van der Waals surface area (Å²) in [7, 11) is 0. The fourth-order valence-corrected chi connectivity index (χ4v) is 2.77. The third-order valence-corrected chi connectivity index (χ3v) is 5.48. The van der Waals surface area contributed by atoms with Crippen LogP contribution in [0.4, 0.5) is 0 Å². The van der Waals surface area contributed by atoms with Crippen molar-refractivity contribution in [3.8, 4) is 0 Å². The Morgan fingerprint density at radius 1 is 1.24 bits per heavy atom. The molecule has 1 aromatic heterocycles. The second-order valence-corrected chi connectivity index (χ2v) is 8.01. The molecule has 1 heterocycles. The highest BCUT2D eigenvalue weighted by Crippen LogP contribution is 2.53. The Hall–Kier alpha value is 1.32. The number of halogens is 6. The zero-order valence-corrected chi connectivity index (χ0v) is 14.7. The van der Waals surface area contributed by atoms with Gasteiger partial charge in [0.2, 0.25) is 8.13 Å². The Morgan fingerprint density at radius 2 is 1.82 bits per heavy atom. The van der Waals surface area contributed by atoms with Gasteiger partial charge in [0, 0.05) is 6.54 Å². The Bertz CT molecular complexity index is 387. The van der Waals surface area contributed by atoms with Gasteiger partial charge in [-0.1, -0.05) is 76.6 Å². The first kappa shape index (κ1) is 16.4. The second kappa shape index (κ2) is 6.18. The molecule has 3 nitrogen and oxygen atoms in total. The van der Waals surface area contributed by atoms with Crippen LogP contribution in [0.3, 0.4) is 0 Å². The lowest BCUT2D eigenvalue weighted by Gasteiger charge is -2.25. The molecule has 17 heavy (non-hydrogen) atoms. The van der Waals surface area contributed by atoms with E-state index in [0.29, 0.717) is 3.70 Å². The van der Waals surface area contributed by atoms with Gasteiger partial charge in [-0.3, -0.25) is 0 Å². The molecule has 98 valence electrons. The van der Waals surface area contributed by atoms with Crippen LogP contribution < -0.4 is 0 Å². The predicted octanol–water partition coefficient (Wildman–Crippen LogP) is 4.68. The lowest BCUT2D eigenvalue weighted by molar-refractivity contribution is 0.543. The smallest absolute Gasteiger partial charge is 0.228 e. The summed E-state index contributed by atoms with van der Waals surface area (Å²) in [4.78, 5) is 0. The average molecular weight is 451 g/mol. The fourth-order valence-electron chi connectivity index (χ4n) is 1.08. The number of aromatic nitrogens is 3. The van der Waals surface area contributed by atoms with Crippen molar-refractivity contribution in [1.29, 1.82) is 0 Å². The Labute approximate surface area is 138 Å². The molecule has 1 aromatic rings. The summed E-state index contributed by atoms with van der Waals surface area (Å²) in [6.45, 7) is 2.81. The zero-order valence-electron chi connectivity index (χ0n) is 8.73. The molecule has 9 heteroatoms. The van der Waals surface area contributed by atoms with Gasteiger partial charge in [0.1, 0.15) is 9.39 Å². The maximum atomic E-state index is 6.04. The van der Waals surface area contributed by atoms with Crippen LogP contribution in [0.5, 0.6) is 0 Å². The molecule has 0 saturated heterocycles. The number of aryl methyl sites for hydroxylation is 1. The van der Waals surface area contributed by atoms with E-state index in [1.165, 1.54) is 0 Å². The van der Waals surface area contributed by atoms with Crippen molar-refractivity contribution in [2.45, 2.75) is 34.4 Å². The fraction of sp³-hybridized carbons (Fsp3) is 0.750. The van der Waals surface area contributed by atoms with E-state index in [1.54, 1.807) is 4.68 Å². The monoisotopic (exact) mass is 449 g/mol. The van der Waals surface area contributed by atoms with E-state index >= 15 is 0 Å². The summed E-state index contributed by atoms with van der Waals surface area (Å²) >= 11 is 31.3. The largest absolute Gasteiger partial charge is 0.239 e. The Morgan fingerprint density at radius 3 is 2.29 bits per heavy atom. The SMILES string of the molecule is CCCCn1nnc(C(Cl)(Cl)C(Cl)(Cl)Cl)c1I. The van der Waals surface area contributed by atoms with Gasteiger partial charge in [-0.15, -0.1) is 5.10 Å². The zero-order chi connectivity index (χ0) is 13.3. The van der Waals surface area contributed by atoms with Gasteiger partial charge in [-0.2, -0.15) is 0 Å². The Balaban J connectivity index is 3.04. The minimum absolute atomic E-state index is 0.262. The molecule has 0 radical (unpaired) electrons. The molecule has 0 N–H and O–H groups in total. The highest BCUT2D eigenvalue weighted by atomic mass is 127. The van der Waals surface area contributed by atoms with Gasteiger partial charge in [-0.05, 0) is 29.0 Å². The maximum absolute atomic E-state index is 6.04. The standard InChI is InChI=1S/C8H9Cl5IN3/c1-2-3-4-17-6(14)5(15-16-17)7(9,10)8(11,12)13/h2-4H2,1H3. The van der Waals surface area contributed by atoms with E-state index in [4.69, 9.17) is 58.0 Å². The van der Waals surface area contributed by atoms with E-state index in [1.807, 2.05) is 22.6 Å². The number of rotatable bonds is 4. The number of nitrogens with zero attached hydrogens (tertiary/aromatic N) is 3. The number of alkyl halides is 5. The van der Waals surface area contributed by atoms with Crippen molar-refractivity contribution in [2.24, 2.45) is 0 Å². The van der Waals surface area contributed by atoms with Crippen molar-refractivity contribution >= 4 is 80.6 Å². The normalized spacial score (nSPS) is 13.1. The van der Waals surface area contributed by atoms with Gasteiger partial charge in [0.15, 0.2) is 0 Å². The summed E-state index contributed by atoms with van der Waals surface area (Å²) in [6.07, 6.45) is 2.02. The summed E-state index contributed by atoms with van der Waals surface area (Å²) in [5.41, 5.74) is 0.262. The number of hydrogen-bond acceptors (Lipinski definition) is 2. The van der Waals surface area contributed by atoms with Crippen LogP contribution in [0.15, 0.2) is 0 Å². The van der Waals surface area contributed by atoms with Crippen molar-refractivity contribution in [3.63, 3.8) is 0 Å². The minimum Gasteiger partial charge on any atom is -0.239 e. The summed E-state index contributed by atoms with van der Waals surface area (Å²) in [6, 6.07) is 0. The van der Waals surface area contributed by atoms with Crippen LogP contribution in [0, 0.1) is 3.70 Å². The molecule has 0 amide bonds. The topological polar surface area (TPSA) is 30.7 Å². The third-order valence-electron chi connectivity index (χ3n) is 2.05. The van der Waals surface area contributed by atoms with Gasteiger partial charge >= 0.3 is 0 Å². The van der Waals surface area contributed by atoms with E-state index in [2.05, 4.69) is 17.2 Å². The highest BCUT2D eigenvalue weighted by Gasteiger charge is 2.51. The highest BCUT2D eigenvalue weighted by molar-refractivity contribution is 14.1. The average Bonchev–Trinajstić information content (AvgIpc) is 2.55. The van der Waals surface area contributed by atoms with E-state index in [9.17, 15) is 0 Å². The Kier molecular flexibility index (Phi) is 5.95. The van der Waals surface area contributed by atoms with Crippen molar-refractivity contribution in [1.82, 2.24) is 15.0 Å². The number of hydrogen-bond donors (Lipinski definition) is 0. The van der Waals surface area contributed by atoms with Crippen molar-refractivity contribution in [2.75, 3.05) is 0 Å². The van der Waals surface area contributed by atoms with Crippen LogP contribution in [-0.4, -0.2) is 18.8 Å². The molecule has 0 aliphatic carbocycles. The van der Waals surface area contributed by atoms with E-state index in [0.717, 1.165) is 19.4 Å². The molecule has 1 rings (SSSR count). The van der Waals surface area contributed by atoms with Gasteiger partial charge in [-0.25, -0.2) is 4.68 Å². The summed E-state index contributed by atoms with van der Waals surface area (Å²) < 4.78 is -1.23. The first-order valence-corrected chi connectivity index (χ1v) is 7.72. The quantitative estimate of drug-likeness (QED) is 0.492. The predicted molar refractivity (Wildman–Crippen MR) is 81.3 cm³/mol. The van der Waals surface area contributed by atoms with Crippen LogP contribution in [0.2, 0.25) is 0 Å². The second-order valence-electron chi connectivity index (χ2n) is 3.38. The van der Waals surface area contributed by atoms with Gasteiger partial charge in [0.25, 0.3) is 0 Å². The molecule has 0 fully saturated rings. The van der Waals surface area contributed by atoms with Crippen LogP contribution in [-0.2, 0) is 10.9 Å². The molecular weight excluding hydrogens is 442 g/mol. The molecule has 0 aromatic carbocycles. The van der Waals surface area contributed by atoms with Crippen LogP contribution in [0.25, 0.3) is 0 Å². The lowest BCUT2D eigenvalue weighted by Crippen LogP contribution is -2.29. The van der Waals surface area contributed by atoms with Crippen LogP contribution >= 0.6 is 80.6 Å². The molecule has 0 spiro atoms. The molecule has 0 aliphatic heterocycles. The molecule has 0 unspecified atom stereocenters. The van der Waals surface area contributed by atoms with Crippen molar-refractivity contribution in [3.05, 3.63) is 9.39 Å². The molecule has 0 bridgehead atoms. The van der Waals surface area contributed by atoms with Gasteiger partial charge < -0.3 is 0 Å². The maximum Gasteiger partial charge on any atom is 0.228 e. The van der Waals surface area contributed by atoms with Crippen LogP contribution in [0.1, 0.15) is 25.5 Å². The lowest BCUT2D eigenvalue weighted by atomic mass is 10.3. The molecule has 0 saturated carbocycles. The molecule has 0 aliphatic rings. The summed E-state index contributed by atoms with van der Waals surface area (Å²) in [5.74, 6) is 0. The minimum atomic E-state index is -1.87. The van der Waals surface area contributed by atoms with Crippen molar-refractivity contribution < 1.29 is 0 Å². The van der Waals surface area contributed by atoms with E-state index < -0.39 is 8.13 Å². The van der Waals surface area contributed by atoms with E-state index in [-0.39, 0.29) is 5.69 Å². The first-order chi connectivity index (χ1) is 7.71.